The Morgan fingerprint density at radius 2 is 2.10 bits per heavy atom. The molecule has 1 aliphatic carbocycles. The first kappa shape index (κ1) is 14.8. The van der Waals surface area contributed by atoms with Crippen LogP contribution in [0, 0.1) is 17.3 Å². The van der Waals surface area contributed by atoms with E-state index in [1.54, 1.807) is 0 Å². The van der Waals surface area contributed by atoms with E-state index in [1.807, 2.05) is 4.90 Å². The van der Waals surface area contributed by atoms with Crippen molar-refractivity contribution in [2.24, 2.45) is 23.0 Å². The fourth-order valence-corrected chi connectivity index (χ4v) is 4.33. The van der Waals surface area contributed by atoms with Crippen LogP contribution in [0.25, 0.3) is 0 Å². The molecular formula is C16H27N3O2. The number of nitrogens with zero attached hydrogens (tertiary/aromatic N) is 1. The van der Waals surface area contributed by atoms with Crippen molar-refractivity contribution in [1.82, 2.24) is 10.2 Å². The van der Waals surface area contributed by atoms with Gasteiger partial charge in [0, 0.05) is 19.6 Å². The van der Waals surface area contributed by atoms with Gasteiger partial charge in [-0.2, -0.15) is 0 Å². The summed E-state index contributed by atoms with van der Waals surface area (Å²) in [6, 6.07) is 0.0570. The summed E-state index contributed by atoms with van der Waals surface area (Å²) in [6.07, 6.45) is 5.81. The molecule has 0 radical (unpaired) electrons. The highest BCUT2D eigenvalue weighted by molar-refractivity contribution is 5.87. The quantitative estimate of drug-likeness (QED) is 0.793. The van der Waals surface area contributed by atoms with Crippen LogP contribution < -0.4 is 11.1 Å². The molecule has 3 rings (SSSR count). The van der Waals surface area contributed by atoms with Crippen LogP contribution in [0.4, 0.5) is 0 Å². The van der Waals surface area contributed by atoms with Gasteiger partial charge in [0.2, 0.25) is 11.8 Å². The largest absolute Gasteiger partial charge is 0.354 e. The first-order valence-electron chi connectivity index (χ1n) is 8.36. The van der Waals surface area contributed by atoms with Gasteiger partial charge in [-0.15, -0.1) is 0 Å². The Morgan fingerprint density at radius 3 is 2.76 bits per heavy atom. The standard InChI is InChI=1S/C16H27N3O2/c1-11-4-6-16(10-17,7-5-11)15(21)19-8-2-3-12-13(19)9-18-14(12)20/h11-13H,2-10,17H2,1H3,(H,18,20). The van der Waals surface area contributed by atoms with Gasteiger partial charge in [-0.3, -0.25) is 9.59 Å². The van der Waals surface area contributed by atoms with Crippen molar-refractivity contribution in [2.45, 2.75) is 51.5 Å². The van der Waals surface area contributed by atoms with E-state index in [1.165, 1.54) is 0 Å². The van der Waals surface area contributed by atoms with Crippen LogP contribution in [0.15, 0.2) is 0 Å². The van der Waals surface area contributed by atoms with Gasteiger partial charge in [-0.05, 0) is 44.4 Å². The summed E-state index contributed by atoms with van der Waals surface area (Å²) in [7, 11) is 0. The Balaban J connectivity index is 1.78. The summed E-state index contributed by atoms with van der Waals surface area (Å²) in [5, 5.41) is 2.92. The normalized spacial score (nSPS) is 39.8. The first-order chi connectivity index (χ1) is 10.1. The van der Waals surface area contributed by atoms with Gasteiger partial charge in [-0.1, -0.05) is 6.92 Å². The van der Waals surface area contributed by atoms with Crippen LogP contribution in [0.2, 0.25) is 0 Å². The lowest BCUT2D eigenvalue weighted by atomic mass is 9.69. The monoisotopic (exact) mass is 293 g/mol. The number of likely N-dealkylation sites (tertiary alicyclic amines) is 1. The second kappa shape index (κ2) is 5.59. The second-order valence-electron chi connectivity index (χ2n) is 7.23. The lowest BCUT2D eigenvalue weighted by molar-refractivity contribution is -0.149. The molecule has 2 amide bonds. The number of amides is 2. The Hall–Kier alpha value is -1.10. The van der Waals surface area contributed by atoms with Crippen LogP contribution in [0.5, 0.6) is 0 Å². The van der Waals surface area contributed by atoms with E-state index in [2.05, 4.69) is 12.2 Å². The molecule has 2 aliphatic heterocycles. The van der Waals surface area contributed by atoms with Crippen LogP contribution in [-0.4, -0.2) is 42.4 Å². The number of hydrogen-bond acceptors (Lipinski definition) is 3. The molecule has 0 bridgehead atoms. The molecule has 21 heavy (non-hydrogen) atoms. The smallest absolute Gasteiger partial charge is 0.230 e. The van der Waals surface area contributed by atoms with Crippen molar-refractivity contribution in [3.63, 3.8) is 0 Å². The van der Waals surface area contributed by atoms with Crippen LogP contribution >= 0.6 is 0 Å². The van der Waals surface area contributed by atoms with E-state index in [9.17, 15) is 9.59 Å². The lowest BCUT2D eigenvalue weighted by Gasteiger charge is -2.45. The third kappa shape index (κ3) is 2.45. The van der Waals surface area contributed by atoms with Gasteiger partial charge in [0.05, 0.1) is 17.4 Å². The SMILES string of the molecule is CC1CCC(CN)(C(=O)N2CCCC3C(=O)NCC32)CC1. The molecule has 0 aromatic rings. The van der Waals surface area contributed by atoms with E-state index in [4.69, 9.17) is 5.73 Å². The van der Waals surface area contributed by atoms with Crippen molar-refractivity contribution >= 4 is 11.8 Å². The van der Waals surface area contributed by atoms with E-state index < -0.39 is 0 Å². The van der Waals surface area contributed by atoms with Crippen molar-refractivity contribution in [3.8, 4) is 0 Å². The zero-order chi connectivity index (χ0) is 15.0. The number of rotatable bonds is 2. The molecule has 2 atom stereocenters. The number of fused-ring (bicyclic) bond motifs is 1. The van der Waals surface area contributed by atoms with E-state index >= 15 is 0 Å². The molecule has 0 aromatic heterocycles. The summed E-state index contributed by atoms with van der Waals surface area (Å²) in [5.41, 5.74) is 5.65. The fourth-order valence-electron chi connectivity index (χ4n) is 4.33. The number of hydrogen-bond donors (Lipinski definition) is 2. The average molecular weight is 293 g/mol. The molecular weight excluding hydrogens is 266 g/mol. The summed E-state index contributed by atoms with van der Waals surface area (Å²) in [6.45, 7) is 4.09. The van der Waals surface area contributed by atoms with Gasteiger partial charge in [0.1, 0.15) is 0 Å². The van der Waals surface area contributed by atoms with Crippen molar-refractivity contribution in [3.05, 3.63) is 0 Å². The lowest BCUT2D eigenvalue weighted by Crippen LogP contribution is -2.56. The Kier molecular flexibility index (Phi) is 3.95. The van der Waals surface area contributed by atoms with Crippen molar-refractivity contribution in [2.75, 3.05) is 19.6 Å². The molecule has 0 spiro atoms. The summed E-state index contributed by atoms with van der Waals surface area (Å²) in [4.78, 5) is 27.0. The predicted molar refractivity (Wildman–Crippen MR) is 80.4 cm³/mol. The van der Waals surface area contributed by atoms with E-state index in [0.29, 0.717) is 19.0 Å². The maximum Gasteiger partial charge on any atom is 0.230 e. The Labute approximate surface area is 126 Å². The summed E-state index contributed by atoms with van der Waals surface area (Å²) >= 11 is 0. The average Bonchev–Trinajstić information content (AvgIpc) is 2.89. The first-order valence-corrected chi connectivity index (χ1v) is 8.36. The molecule has 5 nitrogen and oxygen atoms in total. The fraction of sp³-hybridized carbons (Fsp3) is 0.875. The van der Waals surface area contributed by atoms with E-state index in [-0.39, 0.29) is 29.2 Å². The topological polar surface area (TPSA) is 75.4 Å². The molecule has 2 unspecified atom stereocenters. The van der Waals surface area contributed by atoms with Crippen molar-refractivity contribution < 1.29 is 9.59 Å². The minimum absolute atomic E-state index is 0.0000358. The molecule has 3 N–H and O–H groups in total. The summed E-state index contributed by atoms with van der Waals surface area (Å²) in [5.74, 6) is 1.03. The summed E-state index contributed by atoms with van der Waals surface area (Å²) < 4.78 is 0. The third-order valence-corrected chi connectivity index (χ3v) is 5.94. The zero-order valence-corrected chi connectivity index (χ0v) is 12.9. The van der Waals surface area contributed by atoms with E-state index in [0.717, 1.165) is 45.1 Å². The predicted octanol–water partition coefficient (Wildman–Crippen LogP) is 0.879. The molecule has 0 aromatic carbocycles. The number of carbonyl (C=O) groups excluding carboxylic acids is 2. The molecule has 118 valence electrons. The highest BCUT2D eigenvalue weighted by Crippen LogP contribution is 2.41. The highest BCUT2D eigenvalue weighted by atomic mass is 16.2. The van der Waals surface area contributed by atoms with Crippen LogP contribution in [-0.2, 0) is 9.59 Å². The minimum atomic E-state index is -0.375. The number of carbonyl (C=O) groups is 2. The van der Waals surface area contributed by atoms with Crippen LogP contribution in [0.3, 0.4) is 0 Å². The van der Waals surface area contributed by atoms with Gasteiger partial charge < -0.3 is 16.0 Å². The second-order valence-corrected chi connectivity index (χ2v) is 7.23. The molecule has 2 saturated heterocycles. The van der Waals surface area contributed by atoms with Gasteiger partial charge in [0.15, 0.2) is 0 Å². The molecule has 2 heterocycles. The molecule has 5 heteroatoms. The zero-order valence-electron chi connectivity index (χ0n) is 12.9. The minimum Gasteiger partial charge on any atom is -0.354 e. The van der Waals surface area contributed by atoms with Gasteiger partial charge in [-0.25, -0.2) is 0 Å². The van der Waals surface area contributed by atoms with Gasteiger partial charge in [0.25, 0.3) is 0 Å². The highest BCUT2D eigenvalue weighted by Gasteiger charge is 2.48. The molecule has 3 aliphatic rings. The number of piperidine rings is 1. The third-order valence-electron chi connectivity index (χ3n) is 5.94. The van der Waals surface area contributed by atoms with Gasteiger partial charge >= 0.3 is 0 Å². The number of nitrogens with one attached hydrogen (secondary N) is 1. The maximum absolute atomic E-state index is 13.2. The Morgan fingerprint density at radius 1 is 1.38 bits per heavy atom. The number of nitrogens with two attached hydrogens (primary N) is 1. The van der Waals surface area contributed by atoms with Crippen LogP contribution in [0.1, 0.15) is 45.4 Å². The molecule has 1 saturated carbocycles. The maximum atomic E-state index is 13.2. The molecule has 3 fully saturated rings. The van der Waals surface area contributed by atoms with Crippen molar-refractivity contribution in [1.29, 1.82) is 0 Å². The Bertz CT molecular complexity index is 429.